The number of carbonyl (C=O) groups is 1. The summed E-state index contributed by atoms with van der Waals surface area (Å²) < 4.78 is 0.769. The van der Waals surface area contributed by atoms with E-state index in [0.717, 1.165) is 15.7 Å². The molecule has 0 saturated heterocycles. The SMILES string of the molecule is CCN1C(=O)C(C)C[C-]=C1c1ccc(O)cc1Br.[Y]. The van der Waals surface area contributed by atoms with Gasteiger partial charge in [0, 0.05) is 45.2 Å². The van der Waals surface area contributed by atoms with Crippen molar-refractivity contribution >= 4 is 27.5 Å². The van der Waals surface area contributed by atoms with E-state index in [1.54, 1.807) is 23.1 Å². The Labute approximate surface area is 147 Å². The van der Waals surface area contributed by atoms with Crippen molar-refractivity contribution < 1.29 is 42.6 Å². The number of phenolic OH excluding ortho intramolecular Hbond substituents is 1. The molecule has 5 heteroatoms. The number of carbonyl (C=O) groups excluding carboxylic acids is 1. The number of aromatic hydroxyl groups is 1. The van der Waals surface area contributed by atoms with E-state index in [1.165, 1.54) is 0 Å². The number of phenols is 1. The van der Waals surface area contributed by atoms with Crippen LogP contribution in [-0.4, -0.2) is 22.5 Å². The van der Waals surface area contributed by atoms with Crippen LogP contribution in [0.2, 0.25) is 0 Å². The molecule has 1 amide bonds. The second kappa shape index (κ2) is 7.00. The summed E-state index contributed by atoms with van der Waals surface area (Å²) in [4.78, 5) is 13.9. The van der Waals surface area contributed by atoms with Crippen molar-refractivity contribution in [3.8, 4) is 5.75 Å². The average Bonchev–Trinajstić information content (AvgIpc) is 2.33. The van der Waals surface area contributed by atoms with Gasteiger partial charge >= 0.3 is 0 Å². The minimum absolute atomic E-state index is 0. The van der Waals surface area contributed by atoms with Crippen LogP contribution in [0.3, 0.4) is 0 Å². The Balaban J connectivity index is 0.00000180. The van der Waals surface area contributed by atoms with Crippen molar-refractivity contribution in [2.24, 2.45) is 5.92 Å². The van der Waals surface area contributed by atoms with Crippen LogP contribution in [0.1, 0.15) is 25.8 Å². The Kier molecular flexibility index (Phi) is 6.22. The maximum absolute atomic E-state index is 12.1. The summed E-state index contributed by atoms with van der Waals surface area (Å²) in [7, 11) is 0. The fourth-order valence-electron chi connectivity index (χ4n) is 2.06. The van der Waals surface area contributed by atoms with E-state index in [2.05, 4.69) is 22.0 Å². The molecule has 1 atom stereocenters. The van der Waals surface area contributed by atoms with Crippen LogP contribution in [0, 0.1) is 12.0 Å². The molecule has 0 fully saturated rings. The zero-order valence-electron chi connectivity index (χ0n) is 11.0. The fraction of sp³-hybridized carbons (Fsp3) is 0.357. The third-order valence-corrected chi connectivity index (χ3v) is 3.71. The fourth-order valence-corrected chi connectivity index (χ4v) is 2.61. The molecular weight excluding hydrogens is 383 g/mol. The van der Waals surface area contributed by atoms with Crippen LogP contribution in [0.5, 0.6) is 5.75 Å². The van der Waals surface area contributed by atoms with Gasteiger partial charge in [-0.15, -0.1) is 17.3 Å². The minimum Gasteiger partial charge on any atom is -0.508 e. The van der Waals surface area contributed by atoms with Gasteiger partial charge in [-0.3, -0.25) is 4.79 Å². The molecule has 1 aliphatic heterocycles. The molecule has 1 N–H and O–H groups in total. The zero-order valence-corrected chi connectivity index (χ0v) is 15.4. The number of hydrogen-bond acceptors (Lipinski definition) is 2. The molecule has 19 heavy (non-hydrogen) atoms. The maximum Gasteiger partial charge on any atom is 0.225 e. The molecule has 0 aliphatic carbocycles. The van der Waals surface area contributed by atoms with Gasteiger partial charge in [0.2, 0.25) is 5.91 Å². The number of halogens is 1. The molecule has 1 aromatic carbocycles. The van der Waals surface area contributed by atoms with Crippen LogP contribution in [0.25, 0.3) is 5.70 Å². The predicted molar refractivity (Wildman–Crippen MR) is 73.6 cm³/mol. The molecule has 0 aromatic heterocycles. The first-order valence-corrected chi connectivity index (χ1v) is 6.75. The molecule has 1 radical (unpaired) electrons. The van der Waals surface area contributed by atoms with Crippen LogP contribution in [-0.2, 0) is 37.5 Å². The molecule has 0 saturated carbocycles. The van der Waals surface area contributed by atoms with E-state index in [4.69, 9.17) is 0 Å². The Bertz CT molecular complexity index is 516. The first kappa shape index (κ1) is 16.9. The predicted octanol–water partition coefficient (Wildman–Crippen LogP) is 3.18. The van der Waals surface area contributed by atoms with Crippen molar-refractivity contribution in [2.75, 3.05) is 6.54 Å². The number of rotatable bonds is 2. The molecule has 1 aliphatic rings. The molecule has 0 bridgehead atoms. The summed E-state index contributed by atoms with van der Waals surface area (Å²) in [5, 5.41) is 9.41. The maximum atomic E-state index is 12.1. The normalized spacial score (nSPS) is 18.9. The molecule has 1 heterocycles. The average molecular weight is 398 g/mol. The number of benzene rings is 1. The van der Waals surface area contributed by atoms with Crippen molar-refractivity contribution in [1.82, 2.24) is 4.90 Å². The van der Waals surface area contributed by atoms with E-state index in [1.807, 2.05) is 13.8 Å². The number of amides is 1. The quantitative estimate of drug-likeness (QED) is 0.778. The summed E-state index contributed by atoms with van der Waals surface area (Å²) in [5.74, 6) is 0.320. The van der Waals surface area contributed by atoms with Crippen molar-refractivity contribution in [2.45, 2.75) is 20.3 Å². The second-order valence-corrected chi connectivity index (χ2v) is 5.23. The van der Waals surface area contributed by atoms with E-state index < -0.39 is 0 Å². The van der Waals surface area contributed by atoms with Gasteiger partial charge < -0.3 is 10.0 Å². The van der Waals surface area contributed by atoms with Crippen LogP contribution >= 0.6 is 15.9 Å². The zero-order chi connectivity index (χ0) is 13.3. The Morgan fingerprint density at radius 3 is 2.79 bits per heavy atom. The summed E-state index contributed by atoms with van der Waals surface area (Å²) >= 11 is 3.42. The Morgan fingerprint density at radius 2 is 2.21 bits per heavy atom. The number of hydrogen-bond donors (Lipinski definition) is 1. The van der Waals surface area contributed by atoms with Gasteiger partial charge in [-0.2, -0.15) is 0 Å². The van der Waals surface area contributed by atoms with Crippen molar-refractivity contribution in [3.63, 3.8) is 0 Å². The van der Waals surface area contributed by atoms with Crippen LogP contribution < -0.4 is 0 Å². The Hall–Kier alpha value is -0.186. The van der Waals surface area contributed by atoms with Gasteiger partial charge in [0.15, 0.2) is 0 Å². The largest absolute Gasteiger partial charge is 0.508 e. The summed E-state index contributed by atoms with van der Waals surface area (Å²) in [6.07, 6.45) is 3.92. The first-order valence-electron chi connectivity index (χ1n) is 5.95. The molecule has 1 aromatic rings. The molecule has 1 unspecified atom stereocenters. The van der Waals surface area contributed by atoms with Crippen LogP contribution in [0.15, 0.2) is 22.7 Å². The van der Waals surface area contributed by atoms with Gasteiger partial charge in [-0.25, -0.2) is 6.08 Å². The van der Waals surface area contributed by atoms with Crippen LogP contribution in [0.4, 0.5) is 0 Å². The van der Waals surface area contributed by atoms with E-state index in [9.17, 15) is 9.90 Å². The molecule has 99 valence electrons. The molecular formula is C14H15BrNO2Y-. The van der Waals surface area contributed by atoms with Gasteiger partial charge in [-0.05, 0) is 19.1 Å². The van der Waals surface area contributed by atoms with E-state index in [0.29, 0.717) is 13.0 Å². The topological polar surface area (TPSA) is 40.5 Å². The third-order valence-electron chi connectivity index (χ3n) is 3.06. The third kappa shape index (κ3) is 3.47. The smallest absolute Gasteiger partial charge is 0.225 e. The van der Waals surface area contributed by atoms with Gasteiger partial charge in [0.25, 0.3) is 0 Å². The summed E-state index contributed by atoms with van der Waals surface area (Å²) in [5.41, 5.74) is 1.68. The van der Waals surface area contributed by atoms with Gasteiger partial charge in [-0.1, -0.05) is 33.7 Å². The van der Waals surface area contributed by atoms with Gasteiger partial charge in [0.1, 0.15) is 5.75 Å². The standard InChI is InChI=1S/C14H15BrNO2.Y/c1-3-16-13(7-4-9(2)14(16)18)11-6-5-10(17)8-12(11)15;/h5-6,8-9,17H,3-4H2,1-2H3;/q-1;. The van der Waals surface area contributed by atoms with E-state index >= 15 is 0 Å². The summed E-state index contributed by atoms with van der Waals surface area (Å²) in [6, 6.07) is 5.04. The monoisotopic (exact) mass is 397 g/mol. The molecule has 3 nitrogen and oxygen atoms in total. The molecule has 2 rings (SSSR count). The Morgan fingerprint density at radius 1 is 1.53 bits per heavy atom. The van der Waals surface area contributed by atoms with Crippen molar-refractivity contribution in [3.05, 3.63) is 34.3 Å². The minimum atomic E-state index is -0.00964. The second-order valence-electron chi connectivity index (χ2n) is 4.38. The molecule has 0 spiro atoms. The van der Waals surface area contributed by atoms with Crippen molar-refractivity contribution in [1.29, 1.82) is 0 Å². The number of nitrogens with zero attached hydrogens (tertiary/aromatic N) is 1. The number of allylic oxidation sites excluding steroid dienone is 1. The first-order chi connectivity index (χ1) is 8.54. The van der Waals surface area contributed by atoms with Gasteiger partial charge in [0.05, 0.1) is 0 Å². The van der Waals surface area contributed by atoms with E-state index in [-0.39, 0.29) is 50.3 Å². The summed E-state index contributed by atoms with van der Waals surface area (Å²) in [6.45, 7) is 4.49.